The highest BCUT2D eigenvalue weighted by Crippen LogP contribution is 2.26. The molecule has 1 aromatic heterocycles. The molecule has 0 bridgehead atoms. The van der Waals surface area contributed by atoms with E-state index in [1.54, 1.807) is 0 Å². The van der Waals surface area contributed by atoms with Crippen LogP contribution in [0.4, 0.5) is 13.2 Å². The lowest BCUT2D eigenvalue weighted by atomic mass is 10.2. The summed E-state index contributed by atoms with van der Waals surface area (Å²) in [5.74, 6) is -0.805. The molecular formula is C9H8F3NO3. The fourth-order valence-electron chi connectivity index (χ4n) is 1.07. The molecule has 0 unspecified atom stereocenters. The Morgan fingerprint density at radius 2 is 2.06 bits per heavy atom. The monoisotopic (exact) mass is 235 g/mol. The van der Waals surface area contributed by atoms with E-state index in [-0.39, 0.29) is 11.4 Å². The molecule has 0 atom stereocenters. The molecule has 0 amide bonds. The molecule has 88 valence electrons. The van der Waals surface area contributed by atoms with Crippen molar-refractivity contribution in [3.8, 4) is 11.8 Å². The van der Waals surface area contributed by atoms with Crippen LogP contribution in [0.1, 0.15) is 15.9 Å². The predicted molar refractivity (Wildman–Crippen MR) is 47.6 cm³/mol. The molecule has 0 fully saturated rings. The van der Waals surface area contributed by atoms with Gasteiger partial charge >= 0.3 is 6.36 Å². The first-order chi connectivity index (χ1) is 7.37. The van der Waals surface area contributed by atoms with E-state index in [4.69, 9.17) is 4.74 Å². The van der Waals surface area contributed by atoms with Crippen LogP contribution < -0.4 is 9.47 Å². The molecule has 0 saturated carbocycles. The van der Waals surface area contributed by atoms with E-state index in [9.17, 15) is 18.0 Å². The summed E-state index contributed by atoms with van der Waals surface area (Å²) in [5.41, 5.74) is 0.387. The number of ether oxygens (including phenoxy) is 2. The Balaban J connectivity index is 3.17. The van der Waals surface area contributed by atoms with Crippen LogP contribution in [0.5, 0.6) is 11.8 Å². The van der Waals surface area contributed by atoms with Gasteiger partial charge in [-0.1, -0.05) is 0 Å². The quantitative estimate of drug-likeness (QED) is 0.753. The molecule has 0 saturated heterocycles. The lowest BCUT2D eigenvalue weighted by Crippen LogP contribution is -2.18. The number of alkyl halides is 3. The number of methoxy groups -OCH3 is 1. The van der Waals surface area contributed by atoms with E-state index in [1.165, 1.54) is 14.0 Å². The highest BCUT2D eigenvalue weighted by Gasteiger charge is 2.32. The molecule has 0 aliphatic heterocycles. The molecule has 7 heteroatoms. The summed E-state index contributed by atoms with van der Waals surface area (Å²) in [6.07, 6.45) is -4.45. The number of hydrogen-bond acceptors (Lipinski definition) is 4. The maximum atomic E-state index is 11.9. The lowest BCUT2D eigenvalue weighted by molar-refractivity contribution is -0.276. The highest BCUT2D eigenvalue weighted by molar-refractivity contribution is 5.78. The number of pyridine rings is 1. The summed E-state index contributed by atoms with van der Waals surface area (Å²) in [6.45, 7) is 1.51. The van der Waals surface area contributed by atoms with Gasteiger partial charge in [-0.2, -0.15) is 4.98 Å². The molecule has 0 aromatic carbocycles. The Hall–Kier alpha value is -1.79. The summed E-state index contributed by atoms with van der Waals surface area (Å²) in [5, 5.41) is 0. The fraction of sp³-hybridized carbons (Fsp3) is 0.333. The number of halogens is 3. The van der Waals surface area contributed by atoms with Gasteiger partial charge in [0, 0.05) is 17.2 Å². The number of nitrogens with zero attached hydrogens (tertiary/aromatic N) is 1. The molecule has 4 nitrogen and oxygen atoms in total. The standard InChI is InChI=1S/C9H8F3NO3/c1-5-6(4-14)3-7(13-8(5)15-2)16-9(10,11)12/h3-4H,1-2H3. The summed E-state index contributed by atoms with van der Waals surface area (Å²) in [4.78, 5) is 14.1. The third-order valence-corrected chi connectivity index (χ3v) is 1.79. The minimum atomic E-state index is -4.85. The van der Waals surface area contributed by atoms with Gasteiger partial charge in [0.05, 0.1) is 7.11 Å². The highest BCUT2D eigenvalue weighted by atomic mass is 19.4. The molecule has 0 aliphatic rings. The van der Waals surface area contributed by atoms with Crippen LogP contribution in [-0.4, -0.2) is 24.7 Å². The lowest BCUT2D eigenvalue weighted by Gasteiger charge is -2.11. The third kappa shape index (κ3) is 2.85. The van der Waals surface area contributed by atoms with Crippen LogP contribution in [0.2, 0.25) is 0 Å². The van der Waals surface area contributed by atoms with Gasteiger partial charge in [0.2, 0.25) is 11.8 Å². The average Bonchev–Trinajstić information content (AvgIpc) is 2.18. The normalized spacial score (nSPS) is 11.1. The Morgan fingerprint density at radius 1 is 1.44 bits per heavy atom. The second-order valence-corrected chi connectivity index (χ2v) is 2.85. The molecule has 0 aliphatic carbocycles. The van der Waals surface area contributed by atoms with Gasteiger partial charge in [-0.05, 0) is 6.92 Å². The van der Waals surface area contributed by atoms with E-state index in [2.05, 4.69) is 9.72 Å². The maximum Gasteiger partial charge on any atom is 0.574 e. The Labute approximate surface area is 89.0 Å². The van der Waals surface area contributed by atoms with Gasteiger partial charge in [0.15, 0.2) is 6.29 Å². The van der Waals surface area contributed by atoms with E-state index < -0.39 is 12.2 Å². The summed E-state index contributed by atoms with van der Waals surface area (Å²) < 4.78 is 44.1. The summed E-state index contributed by atoms with van der Waals surface area (Å²) in [6, 6.07) is 0.901. The van der Waals surface area contributed by atoms with Crippen molar-refractivity contribution >= 4 is 6.29 Å². The Kier molecular flexibility index (Phi) is 3.36. The van der Waals surface area contributed by atoms with Gasteiger partial charge in [0.25, 0.3) is 0 Å². The number of carbonyl (C=O) groups is 1. The smallest absolute Gasteiger partial charge is 0.481 e. The Morgan fingerprint density at radius 3 is 2.50 bits per heavy atom. The van der Waals surface area contributed by atoms with Crippen LogP contribution in [0.15, 0.2) is 6.07 Å². The van der Waals surface area contributed by atoms with Gasteiger partial charge in [-0.25, -0.2) is 0 Å². The van der Waals surface area contributed by atoms with Crippen molar-refractivity contribution in [2.45, 2.75) is 13.3 Å². The van der Waals surface area contributed by atoms with E-state index in [1.807, 2.05) is 0 Å². The Bertz CT molecular complexity index is 404. The first-order valence-electron chi connectivity index (χ1n) is 4.14. The number of carbonyl (C=O) groups excluding carboxylic acids is 1. The van der Waals surface area contributed by atoms with E-state index in [0.717, 1.165) is 6.07 Å². The van der Waals surface area contributed by atoms with Crippen molar-refractivity contribution in [3.05, 3.63) is 17.2 Å². The molecule has 16 heavy (non-hydrogen) atoms. The number of hydrogen-bond donors (Lipinski definition) is 0. The van der Waals surface area contributed by atoms with Gasteiger partial charge in [0.1, 0.15) is 0 Å². The van der Waals surface area contributed by atoms with Crippen molar-refractivity contribution in [1.82, 2.24) is 4.98 Å². The van der Waals surface area contributed by atoms with Crippen LogP contribution >= 0.6 is 0 Å². The molecular weight excluding hydrogens is 227 g/mol. The molecule has 0 radical (unpaired) electrons. The first kappa shape index (κ1) is 12.3. The number of rotatable bonds is 3. The second kappa shape index (κ2) is 4.38. The van der Waals surface area contributed by atoms with Crippen LogP contribution in [0.3, 0.4) is 0 Å². The molecule has 1 heterocycles. The van der Waals surface area contributed by atoms with E-state index >= 15 is 0 Å². The second-order valence-electron chi connectivity index (χ2n) is 2.85. The predicted octanol–water partition coefficient (Wildman–Crippen LogP) is 2.11. The number of aromatic nitrogens is 1. The maximum absolute atomic E-state index is 11.9. The van der Waals surface area contributed by atoms with Gasteiger partial charge in [-0.15, -0.1) is 13.2 Å². The average molecular weight is 235 g/mol. The van der Waals surface area contributed by atoms with Crippen molar-refractivity contribution in [3.63, 3.8) is 0 Å². The zero-order valence-corrected chi connectivity index (χ0v) is 8.46. The van der Waals surface area contributed by atoms with Crippen molar-refractivity contribution in [1.29, 1.82) is 0 Å². The minimum absolute atomic E-state index is 0.0334. The molecule has 0 spiro atoms. The van der Waals surface area contributed by atoms with Crippen molar-refractivity contribution in [2.24, 2.45) is 0 Å². The van der Waals surface area contributed by atoms with Gasteiger partial charge < -0.3 is 9.47 Å². The van der Waals surface area contributed by atoms with Crippen LogP contribution in [0.25, 0.3) is 0 Å². The largest absolute Gasteiger partial charge is 0.574 e. The topological polar surface area (TPSA) is 48.4 Å². The van der Waals surface area contributed by atoms with Crippen LogP contribution in [-0.2, 0) is 0 Å². The summed E-state index contributed by atoms with van der Waals surface area (Å²) >= 11 is 0. The van der Waals surface area contributed by atoms with Crippen molar-refractivity contribution in [2.75, 3.05) is 7.11 Å². The number of aldehydes is 1. The molecule has 0 N–H and O–H groups in total. The zero-order valence-electron chi connectivity index (χ0n) is 8.46. The SMILES string of the molecule is COc1nc(OC(F)(F)F)cc(C=O)c1C. The minimum Gasteiger partial charge on any atom is -0.481 e. The first-order valence-corrected chi connectivity index (χ1v) is 4.14. The molecule has 1 rings (SSSR count). The zero-order chi connectivity index (χ0) is 12.3. The van der Waals surface area contributed by atoms with E-state index in [0.29, 0.717) is 11.8 Å². The van der Waals surface area contributed by atoms with Crippen molar-refractivity contribution < 1.29 is 27.4 Å². The molecule has 1 aromatic rings. The summed E-state index contributed by atoms with van der Waals surface area (Å²) in [7, 11) is 1.24. The van der Waals surface area contributed by atoms with Crippen LogP contribution in [0, 0.1) is 6.92 Å². The van der Waals surface area contributed by atoms with Gasteiger partial charge in [-0.3, -0.25) is 4.79 Å². The fourth-order valence-corrected chi connectivity index (χ4v) is 1.07. The third-order valence-electron chi connectivity index (χ3n) is 1.79.